The van der Waals surface area contributed by atoms with E-state index in [-0.39, 0.29) is 12.2 Å². The summed E-state index contributed by atoms with van der Waals surface area (Å²) in [6.07, 6.45) is 3.47. The Morgan fingerprint density at radius 1 is 1.39 bits per heavy atom. The smallest absolute Gasteiger partial charge is 0.241 e. The third kappa shape index (κ3) is 3.95. The summed E-state index contributed by atoms with van der Waals surface area (Å²) in [6, 6.07) is 0.0267. The van der Waals surface area contributed by atoms with E-state index in [0.29, 0.717) is 11.8 Å². The summed E-state index contributed by atoms with van der Waals surface area (Å²) in [5.41, 5.74) is 0. The molecular weight excluding hydrogens is 226 g/mol. The molecule has 0 spiro atoms. The minimum absolute atomic E-state index is 0.0267. The van der Waals surface area contributed by atoms with Crippen molar-refractivity contribution < 1.29 is 4.79 Å². The molecule has 4 heteroatoms. The predicted molar refractivity (Wildman–Crippen MR) is 75.3 cm³/mol. The van der Waals surface area contributed by atoms with Crippen molar-refractivity contribution in [3.8, 4) is 0 Å². The van der Waals surface area contributed by atoms with Crippen LogP contribution in [0.4, 0.5) is 0 Å². The van der Waals surface area contributed by atoms with Crippen LogP contribution in [0.1, 0.15) is 40.0 Å². The summed E-state index contributed by atoms with van der Waals surface area (Å²) in [5, 5.41) is 3.42. The van der Waals surface area contributed by atoms with Crippen LogP contribution in [0.2, 0.25) is 0 Å². The van der Waals surface area contributed by atoms with Gasteiger partial charge in [-0.15, -0.1) is 0 Å². The largest absolute Gasteiger partial charge is 0.326 e. The first-order valence-electron chi connectivity index (χ1n) is 7.18. The minimum atomic E-state index is 0.0267. The average Bonchev–Trinajstić information content (AvgIpc) is 2.60. The third-order valence-corrected chi connectivity index (χ3v) is 3.90. The number of hydrogen-bond acceptors (Lipinski definition) is 3. The van der Waals surface area contributed by atoms with E-state index in [0.717, 1.165) is 32.4 Å². The van der Waals surface area contributed by atoms with E-state index < -0.39 is 0 Å². The Hall–Kier alpha value is -0.610. The molecule has 0 aromatic carbocycles. The van der Waals surface area contributed by atoms with Crippen molar-refractivity contribution in [3.63, 3.8) is 0 Å². The topological polar surface area (TPSA) is 35.6 Å². The molecule has 3 atom stereocenters. The van der Waals surface area contributed by atoms with Gasteiger partial charge in [0.1, 0.15) is 0 Å². The molecule has 1 heterocycles. The fourth-order valence-electron chi connectivity index (χ4n) is 2.45. The van der Waals surface area contributed by atoms with Crippen LogP contribution in [0.5, 0.6) is 0 Å². The molecule has 1 aliphatic heterocycles. The van der Waals surface area contributed by atoms with Crippen LogP contribution in [-0.2, 0) is 4.79 Å². The van der Waals surface area contributed by atoms with Crippen molar-refractivity contribution in [1.29, 1.82) is 0 Å². The van der Waals surface area contributed by atoms with E-state index in [1.54, 1.807) is 0 Å². The Balaban J connectivity index is 2.39. The van der Waals surface area contributed by atoms with Gasteiger partial charge >= 0.3 is 0 Å². The fourth-order valence-corrected chi connectivity index (χ4v) is 2.45. The van der Waals surface area contributed by atoms with E-state index in [2.05, 4.69) is 45.1 Å². The Morgan fingerprint density at radius 3 is 2.61 bits per heavy atom. The molecule has 3 unspecified atom stereocenters. The summed E-state index contributed by atoms with van der Waals surface area (Å²) in [6.45, 7) is 8.36. The van der Waals surface area contributed by atoms with Gasteiger partial charge in [-0.1, -0.05) is 20.3 Å². The zero-order valence-corrected chi connectivity index (χ0v) is 12.6. The minimum Gasteiger partial charge on any atom is -0.326 e. The molecule has 4 nitrogen and oxygen atoms in total. The molecule has 1 rings (SSSR count). The van der Waals surface area contributed by atoms with Gasteiger partial charge in [0, 0.05) is 6.54 Å². The molecule has 18 heavy (non-hydrogen) atoms. The highest BCUT2D eigenvalue weighted by Crippen LogP contribution is 2.19. The van der Waals surface area contributed by atoms with Gasteiger partial charge in [-0.3, -0.25) is 10.1 Å². The number of nitrogens with one attached hydrogen (secondary N) is 1. The normalized spacial score (nSPS) is 26.1. The Morgan fingerprint density at radius 2 is 2.06 bits per heavy atom. The van der Waals surface area contributed by atoms with E-state index >= 15 is 0 Å². The van der Waals surface area contributed by atoms with E-state index in [4.69, 9.17) is 0 Å². The zero-order valence-electron chi connectivity index (χ0n) is 12.6. The number of carbonyl (C=O) groups excluding carboxylic acids is 1. The van der Waals surface area contributed by atoms with Crippen LogP contribution in [0, 0.1) is 5.92 Å². The molecule has 1 saturated heterocycles. The highest BCUT2D eigenvalue weighted by Gasteiger charge is 2.38. The maximum absolute atomic E-state index is 12.3. The van der Waals surface area contributed by atoms with E-state index in [1.165, 1.54) is 0 Å². The third-order valence-electron chi connectivity index (χ3n) is 3.90. The van der Waals surface area contributed by atoms with Crippen LogP contribution in [-0.4, -0.2) is 55.1 Å². The molecular formula is C14H29N3O. The maximum atomic E-state index is 12.3. The summed E-state index contributed by atoms with van der Waals surface area (Å²) in [4.78, 5) is 16.5. The quantitative estimate of drug-likeness (QED) is 0.701. The Kier molecular flexibility index (Phi) is 6.09. The Bertz CT molecular complexity index is 268. The van der Waals surface area contributed by atoms with Crippen molar-refractivity contribution in [2.75, 3.05) is 27.2 Å². The molecule has 0 radical (unpaired) electrons. The number of amides is 1. The van der Waals surface area contributed by atoms with Crippen molar-refractivity contribution >= 4 is 5.91 Å². The predicted octanol–water partition coefficient (Wildman–Crippen LogP) is 1.52. The lowest BCUT2D eigenvalue weighted by Gasteiger charge is -2.21. The standard InChI is InChI=1S/C14H29N3O/c1-6-11(2)13-14(18)17(12(3)15-13)10-8-7-9-16(4)5/h11-13,15H,6-10H2,1-5H3. The van der Waals surface area contributed by atoms with Gasteiger partial charge in [0.25, 0.3) is 0 Å². The van der Waals surface area contributed by atoms with Crippen LogP contribution >= 0.6 is 0 Å². The van der Waals surface area contributed by atoms with Crippen LogP contribution < -0.4 is 5.32 Å². The summed E-state index contributed by atoms with van der Waals surface area (Å²) >= 11 is 0. The van der Waals surface area contributed by atoms with Gasteiger partial charge in [0.15, 0.2) is 0 Å². The van der Waals surface area contributed by atoms with Gasteiger partial charge in [0.05, 0.1) is 12.2 Å². The molecule has 0 bridgehead atoms. The molecule has 1 amide bonds. The SMILES string of the molecule is CCC(C)C1NC(C)N(CCCCN(C)C)C1=O. The van der Waals surface area contributed by atoms with E-state index in [1.807, 2.05) is 4.90 Å². The summed E-state index contributed by atoms with van der Waals surface area (Å²) in [5.74, 6) is 0.716. The molecule has 0 aliphatic carbocycles. The highest BCUT2D eigenvalue weighted by atomic mass is 16.2. The second-order valence-electron chi connectivity index (χ2n) is 5.75. The second kappa shape index (κ2) is 7.10. The molecule has 1 fully saturated rings. The number of carbonyl (C=O) groups is 1. The number of rotatable bonds is 7. The Labute approximate surface area is 112 Å². The van der Waals surface area contributed by atoms with Crippen LogP contribution in [0.25, 0.3) is 0 Å². The van der Waals surface area contributed by atoms with Crippen molar-refractivity contribution in [2.24, 2.45) is 5.92 Å². The van der Waals surface area contributed by atoms with Gasteiger partial charge in [0.2, 0.25) is 5.91 Å². The lowest BCUT2D eigenvalue weighted by molar-refractivity contribution is -0.130. The van der Waals surface area contributed by atoms with Gasteiger partial charge in [-0.2, -0.15) is 0 Å². The van der Waals surface area contributed by atoms with E-state index in [9.17, 15) is 4.79 Å². The molecule has 0 saturated carbocycles. The second-order valence-corrected chi connectivity index (χ2v) is 5.75. The fraction of sp³-hybridized carbons (Fsp3) is 0.929. The highest BCUT2D eigenvalue weighted by molar-refractivity contribution is 5.84. The van der Waals surface area contributed by atoms with Crippen molar-refractivity contribution in [3.05, 3.63) is 0 Å². The maximum Gasteiger partial charge on any atom is 0.241 e. The molecule has 106 valence electrons. The lowest BCUT2D eigenvalue weighted by atomic mass is 9.99. The number of nitrogens with zero attached hydrogens (tertiary/aromatic N) is 2. The van der Waals surface area contributed by atoms with Crippen molar-refractivity contribution in [1.82, 2.24) is 15.1 Å². The first-order chi connectivity index (χ1) is 8.47. The lowest BCUT2D eigenvalue weighted by Crippen LogP contribution is -2.36. The summed E-state index contributed by atoms with van der Waals surface area (Å²) in [7, 11) is 4.17. The molecule has 1 aliphatic rings. The van der Waals surface area contributed by atoms with Crippen molar-refractivity contribution in [2.45, 2.75) is 52.2 Å². The first kappa shape index (κ1) is 15.4. The first-order valence-corrected chi connectivity index (χ1v) is 7.18. The van der Waals surface area contributed by atoms with Gasteiger partial charge in [-0.25, -0.2) is 0 Å². The van der Waals surface area contributed by atoms with Gasteiger partial charge in [-0.05, 0) is 46.3 Å². The molecule has 1 N–H and O–H groups in total. The summed E-state index contributed by atoms with van der Waals surface area (Å²) < 4.78 is 0. The van der Waals surface area contributed by atoms with Gasteiger partial charge < -0.3 is 9.80 Å². The monoisotopic (exact) mass is 255 g/mol. The zero-order chi connectivity index (χ0) is 13.7. The number of unbranched alkanes of at least 4 members (excludes halogenated alkanes) is 1. The molecule has 0 aromatic rings. The number of hydrogen-bond donors (Lipinski definition) is 1. The molecule has 0 aromatic heterocycles. The van der Waals surface area contributed by atoms with Crippen LogP contribution in [0.3, 0.4) is 0 Å². The average molecular weight is 255 g/mol. The van der Waals surface area contributed by atoms with Crippen LogP contribution in [0.15, 0.2) is 0 Å².